The fourth-order valence-electron chi connectivity index (χ4n) is 2.94. The lowest BCUT2D eigenvalue weighted by atomic mass is 10.1. The smallest absolute Gasteiger partial charge is 0.241 e. The van der Waals surface area contributed by atoms with Crippen LogP contribution in [0.2, 0.25) is 0 Å². The van der Waals surface area contributed by atoms with Gasteiger partial charge in [-0.1, -0.05) is 34.1 Å². The first-order valence-corrected chi connectivity index (χ1v) is 10.1. The highest BCUT2D eigenvalue weighted by atomic mass is 79.9. The van der Waals surface area contributed by atoms with Crippen molar-refractivity contribution in [1.29, 1.82) is 0 Å². The van der Waals surface area contributed by atoms with Crippen LogP contribution in [-0.4, -0.2) is 29.0 Å². The molecule has 3 aromatic rings. The van der Waals surface area contributed by atoms with Crippen molar-refractivity contribution in [1.82, 2.24) is 20.6 Å². The number of nitrogens with one attached hydrogen (secondary N) is 2. The lowest BCUT2D eigenvalue weighted by molar-refractivity contribution is -0.123. The van der Waals surface area contributed by atoms with Gasteiger partial charge in [-0.05, 0) is 59.9 Å². The Morgan fingerprint density at radius 1 is 0.929 bits per heavy atom. The maximum atomic E-state index is 12.9. The lowest BCUT2D eigenvalue weighted by Crippen LogP contribution is -2.39. The van der Waals surface area contributed by atoms with Crippen LogP contribution in [0, 0.1) is 0 Å². The summed E-state index contributed by atoms with van der Waals surface area (Å²) in [4.78, 5) is 21.0. The van der Waals surface area contributed by atoms with Crippen molar-refractivity contribution in [2.75, 3.05) is 13.1 Å². The summed E-state index contributed by atoms with van der Waals surface area (Å²) in [5, 5.41) is 6.44. The van der Waals surface area contributed by atoms with E-state index in [9.17, 15) is 4.79 Å². The minimum absolute atomic E-state index is 0.0293. The molecule has 28 heavy (non-hydrogen) atoms. The van der Waals surface area contributed by atoms with Crippen molar-refractivity contribution < 1.29 is 4.79 Å². The molecular weight excluding hydrogens is 416 g/mol. The van der Waals surface area contributed by atoms with Crippen molar-refractivity contribution in [3.63, 3.8) is 0 Å². The number of halogens is 1. The van der Waals surface area contributed by atoms with Gasteiger partial charge in [0, 0.05) is 42.3 Å². The van der Waals surface area contributed by atoms with Crippen LogP contribution in [0.25, 0.3) is 0 Å². The molecular formula is C22H23BrN4O. The number of aromatic nitrogens is 2. The quantitative estimate of drug-likeness (QED) is 0.536. The highest BCUT2D eigenvalue weighted by molar-refractivity contribution is 9.10. The molecule has 1 amide bonds. The molecule has 0 aliphatic carbocycles. The number of hydrogen-bond acceptors (Lipinski definition) is 4. The zero-order chi connectivity index (χ0) is 19.6. The molecule has 0 aliphatic rings. The molecule has 0 spiro atoms. The number of hydrogen-bond donors (Lipinski definition) is 2. The summed E-state index contributed by atoms with van der Waals surface area (Å²) in [6.45, 7) is 1.26. The SMILES string of the molecule is O=C(NCCc1ccncc1)C(NCCc1cccnc1)c1cccc(Br)c1. The van der Waals surface area contributed by atoms with E-state index in [4.69, 9.17) is 0 Å². The van der Waals surface area contributed by atoms with Gasteiger partial charge in [-0.25, -0.2) is 0 Å². The average Bonchev–Trinajstić information content (AvgIpc) is 2.72. The van der Waals surface area contributed by atoms with Crippen LogP contribution in [0.4, 0.5) is 0 Å². The lowest BCUT2D eigenvalue weighted by Gasteiger charge is -2.19. The zero-order valence-corrected chi connectivity index (χ0v) is 17.1. The average molecular weight is 439 g/mol. The normalized spacial score (nSPS) is 11.8. The van der Waals surface area contributed by atoms with Crippen LogP contribution >= 0.6 is 15.9 Å². The van der Waals surface area contributed by atoms with Crippen LogP contribution in [0.15, 0.2) is 77.8 Å². The van der Waals surface area contributed by atoms with Gasteiger partial charge in [0.15, 0.2) is 0 Å². The Morgan fingerprint density at radius 3 is 2.50 bits per heavy atom. The first kappa shape index (κ1) is 20.2. The van der Waals surface area contributed by atoms with E-state index in [1.54, 1.807) is 18.6 Å². The van der Waals surface area contributed by atoms with Crippen LogP contribution in [0.5, 0.6) is 0 Å². The van der Waals surface area contributed by atoms with Crippen molar-refractivity contribution in [2.24, 2.45) is 0 Å². The number of amides is 1. The number of benzene rings is 1. The van der Waals surface area contributed by atoms with Gasteiger partial charge in [0.1, 0.15) is 6.04 Å². The molecule has 0 fully saturated rings. The van der Waals surface area contributed by atoms with E-state index in [0.29, 0.717) is 13.1 Å². The van der Waals surface area contributed by atoms with Gasteiger partial charge in [0.2, 0.25) is 5.91 Å². The highest BCUT2D eigenvalue weighted by Gasteiger charge is 2.19. The van der Waals surface area contributed by atoms with Crippen LogP contribution in [-0.2, 0) is 17.6 Å². The number of nitrogens with zero attached hydrogens (tertiary/aromatic N) is 2. The second-order valence-corrected chi connectivity index (χ2v) is 7.37. The van der Waals surface area contributed by atoms with Crippen LogP contribution < -0.4 is 10.6 Å². The Bertz CT molecular complexity index is 874. The molecule has 3 rings (SSSR count). The third-order valence-electron chi connectivity index (χ3n) is 4.39. The van der Waals surface area contributed by atoms with E-state index >= 15 is 0 Å². The molecule has 0 bridgehead atoms. The second-order valence-electron chi connectivity index (χ2n) is 6.45. The zero-order valence-electron chi connectivity index (χ0n) is 15.5. The van der Waals surface area contributed by atoms with E-state index in [1.165, 1.54) is 0 Å². The minimum atomic E-state index is -0.411. The summed E-state index contributed by atoms with van der Waals surface area (Å²) < 4.78 is 0.952. The monoisotopic (exact) mass is 438 g/mol. The number of carbonyl (C=O) groups is 1. The fourth-order valence-corrected chi connectivity index (χ4v) is 3.35. The summed E-state index contributed by atoms with van der Waals surface area (Å²) in [5.74, 6) is -0.0293. The summed E-state index contributed by atoms with van der Waals surface area (Å²) in [5.41, 5.74) is 3.22. The maximum Gasteiger partial charge on any atom is 0.241 e. The van der Waals surface area contributed by atoms with Gasteiger partial charge in [-0.15, -0.1) is 0 Å². The van der Waals surface area contributed by atoms with E-state index < -0.39 is 6.04 Å². The van der Waals surface area contributed by atoms with E-state index in [1.807, 2.05) is 54.7 Å². The van der Waals surface area contributed by atoms with Gasteiger partial charge in [-0.3, -0.25) is 14.8 Å². The Morgan fingerprint density at radius 2 is 1.75 bits per heavy atom. The Labute approximate surface area is 173 Å². The molecule has 2 N–H and O–H groups in total. The summed E-state index contributed by atoms with van der Waals surface area (Å²) in [6.07, 6.45) is 8.72. The van der Waals surface area contributed by atoms with Gasteiger partial charge in [-0.2, -0.15) is 0 Å². The number of carbonyl (C=O) groups excluding carboxylic acids is 1. The first-order chi connectivity index (χ1) is 13.7. The highest BCUT2D eigenvalue weighted by Crippen LogP contribution is 2.19. The molecule has 1 atom stereocenters. The Hall–Kier alpha value is -2.57. The largest absolute Gasteiger partial charge is 0.354 e. The van der Waals surface area contributed by atoms with Gasteiger partial charge in [0.05, 0.1) is 0 Å². The van der Waals surface area contributed by atoms with E-state index in [-0.39, 0.29) is 5.91 Å². The molecule has 6 heteroatoms. The number of pyridine rings is 2. The van der Waals surface area contributed by atoms with E-state index in [0.717, 1.165) is 34.0 Å². The molecule has 2 aromatic heterocycles. The second kappa shape index (κ2) is 10.7. The molecule has 1 aromatic carbocycles. The van der Waals surface area contributed by atoms with Crippen LogP contribution in [0.1, 0.15) is 22.7 Å². The Kier molecular flexibility index (Phi) is 7.70. The molecule has 0 radical (unpaired) electrons. The van der Waals surface area contributed by atoms with Crippen molar-refractivity contribution in [3.8, 4) is 0 Å². The molecule has 0 saturated heterocycles. The standard InChI is InChI=1S/C22H23BrN4O/c23-20-5-1-4-19(15-20)21(26-13-9-18-3-2-10-25-16-18)22(28)27-14-8-17-6-11-24-12-7-17/h1-7,10-12,15-16,21,26H,8-9,13-14H2,(H,27,28). The van der Waals surface area contributed by atoms with Gasteiger partial charge >= 0.3 is 0 Å². The fraction of sp³-hybridized carbons (Fsp3) is 0.227. The summed E-state index contributed by atoms with van der Waals surface area (Å²) in [7, 11) is 0. The van der Waals surface area contributed by atoms with Crippen molar-refractivity contribution in [3.05, 3.63) is 94.5 Å². The molecule has 5 nitrogen and oxygen atoms in total. The predicted octanol–water partition coefficient (Wildman–Crippen LogP) is 3.47. The van der Waals surface area contributed by atoms with Crippen molar-refractivity contribution >= 4 is 21.8 Å². The Balaban J connectivity index is 1.60. The van der Waals surface area contributed by atoms with E-state index in [2.05, 4.69) is 36.5 Å². The molecule has 0 saturated carbocycles. The third kappa shape index (κ3) is 6.25. The minimum Gasteiger partial charge on any atom is -0.354 e. The van der Waals surface area contributed by atoms with Gasteiger partial charge < -0.3 is 10.6 Å². The first-order valence-electron chi connectivity index (χ1n) is 9.27. The van der Waals surface area contributed by atoms with Crippen LogP contribution in [0.3, 0.4) is 0 Å². The molecule has 0 aliphatic heterocycles. The van der Waals surface area contributed by atoms with Crippen molar-refractivity contribution in [2.45, 2.75) is 18.9 Å². The topological polar surface area (TPSA) is 66.9 Å². The predicted molar refractivity (Wildman–Crippen MR) is 114 cm³/mol. The number of rotatable bonds is 9. The molecule has 144 valence electrons. The molecule has 2 heterocycles. The van der Waals surface area contributed by atoms with Gasteiger partial charge in [0.25, 0.3) is 0 Å². The maximum absolute atomic E-state index is 12.9. The third-order valence-corrected chi connectivity index (χ3v) is 4.88. The summed E-state index contributed by atoms with van der Waals surface area (Å²) >= 11 is 3.49. The molecule has 1 unspecified atom stereocenters. The summed E-state index contributed by atoms with van der Waals surface area (Å²) in [6, 6.07) is 15.3.